The van der Waals surface area contributed by atoms with E-state index in [1.165, 1.54) is 11.6 Å². The van der Waals surface area contributed by atoms with Gasteiger partial charge in [0.25, 0.3) is 0 Å². The molecule has 2 heterocycles. The average Bonchev–Trinajstić information content (AvgIpc) is 2.54. The quantitative estimate of drug-likeness (QED) is 0.504. The number of unbranched alkanes of at least 4 members (excludes halogenated alkanes) is 1. The molecule has 0 radical (unpaired) electrons. The van der Waals surface area contributed by atoms with Crippen LogP contribution in [0, 0.1) is 13.8 Å². The summed E-state index contributed by atoms with van der Waals surface area (Å²) in [4.78, 5) is 15.6. The van der Waals surface area contributed by atoms with Crippen LogP contribution in [0.25, 0.3) is 11.0 Å². The van der Waals surface area contributed by atoms with Crippen molar-refractivity contribution in [2.75, 3.05) is 6.61 Å². The maximum absolute atomic E-state index is 11.5. The fraction of sp³-hybridized carbons (Fsp3) is 0.300. The minimum Gasteiger partial charge on any atom is -0.493 e. The minimum absolute atomic E-state index is 0.325. The van der Waals surface area contributed by atoms with Crippen LogP contribution in [0.1, 0.15) is 29.5 Å². The zero-order chi connectivity index (χ0) is 16.9. The van der Waals surface area contributed by atoms with Crippen LogP contribution in [-0.2, 0) is 6.42 Å². The highest BCUT2D eigenvalue weighted by molar-refractivity contribution is 5.87. The Morgan fingerprint density at radius 1 is 1.08 bits per heavy atom. The third-order valence-corrected chi connectivity index (χ3v) is 4.02. The maximum atomic E-state index is 11.5. The molecule has 0 aliphatic carbocycles. The van der Waals surface area contributed by atoms with Crippen LogP contribution in [0.2, 0.25) is 0 Å². The summed E-state index contributed by atoms with van der Waals surface area (Å²) in [5.41, 5.74) is 3.46. The number of aryl methyl sites for hydroxylation is 3. The number of hydrogen-bond donors (Lipinski definition) is 0. The fourth-order valence-corrected chi connectivity index (χ4v) is 2.85. The van der Waals surface area contributed by atoms with Crippen molar-refractivity contribution in [2.24, 2.45) is 0 Å². The van der Waals surface area contributed by atoms with Gasteiger partial charge in [-0.05, 0) is 74.1 Å². The normalized spacial score (nSPS) is 10.9. The van der Waals surface area contributed by atoms with E-state index < -0.39 is 0 Å². The molecular formula is C20H21NO3. The van der Waals surface area contributed by atoms with Crippen LogP contribution >= 0.6 is 0 Å². The molecule has 124 valence electrons. The molecule has 0 bridgehead atoms. The van der Waals surface area contributed by atoms with Crippen molar-refractivity contribution >= 4 is 11.0 Å². The molecule has 0 aliphatic heterocycles. The van der Waals surface area contributed by atoms with Gasteiger partial charge in [-0.25, -0.2) is 4.79 Å². The van der Waals surface area contributed by atoms with Gasteiger partial charge in [0.15, 0.2) is 0 Å². The fourth-order valence-electron chi connectivity index (χ4n) is 2.85. The standard InChI is InChI=1S/C20H21NO3/c1-14-11-17(20-15(2)13-19(22)24-18(20)12-14)23-10-4-3-5-16-6-8-21-9-7-16/h6-9,11-13H,3-5,10H2,1-2H3. The van der Waals surface area contributed by atoms with E-state index in [-0.39, 0.29) is 5.63 Å². The molecule has 0 unspecified atom stereocenters. The predicted molar refractivity (Wildman–Crippen MR) is 94.6 cm³/mol. The van der Waals surface area contributed by atoms with Crippen LogP contribution in [0.15, 0.2) is 51.9 Å². The number of hydrogen-bond acceptors (Lipinski definition) is 4. The molecule has 1 aromatic carbocycles. The zero-order valence-corrected chi connectivity index (χ0v) is 14.0. The molecule has 0 aliphatic rings. The summed E-state index contributed by atoms with van der Waals surface area (Å²) in [5.74, 6) is 0.787. The first-order valence-corrected chi connectivity index (χ1v) is 8.20. The zero-order valence-electron chi connectivity index (χ0n) is 14.0. The lowest BCUT2D eigenvalue weighted by Crippen LogP contribution is -2.03. The molecule has 0 saturated carbocycles. The Morgan fingerprint density at radius 3 is 2.67 bits per heavy atom. The van der Waals surface area contributed by atoms with E-state index in [1.807, 2.05) is 50.5 Å². The van der Waals surface area contributed by atoms with Crippen molar-refractivity contribution < 1.29 is 9.15 Å². The van der Waals surface area contributed by atoms with Gasteiger partial charge in [0.1, 0.15) is 11.3 Å². The molecular weight excluding hydrogens is 302 g/mol. The number of aromatic nitrogens is 1. The topological polar surface area (TPSA) is 52.3 Å². The van der Waals surface area contributed by atoms with E-state index in [1.54, 1.807) is 0 Å². The first-order valence-electron chi connectivity index (χ1n) is 8.20. The Morgan fingerprint density at radius 2 is 1.88 bits per heavy atom. The monoisotopic (exact) mass is 323 g/mol. The first kappa shape index (κ1) is 16.2. The summed E-state index contributed by atoms with van der Waals surface area (Å²) >= 11 is 0. The molecule has 0 fully saturated rings. The van der Waals surface area contributed by atoms with Crippen molar-refractivity contribution in [2.45, 2.75) is 33.1 Å². The maximum Gasteiger partial charge on any atom is 0.336 e. The van der Waals surface area contributed by atoms with Crippen LogP contribution in [0.3, 0.4) is 0 Å². The molecule has 0 N–H and O–H groups in total. The smallest absolute Gasteiger partial charge is 0.336 e. The number of nitrogens with zero attached hydrogens (tertiary/aromatic N) is 1. The molecule has 3 rings (SSSR count). The Balaban J connectivity index is 1.66. The summed E-state index contributed by atoms with van der Waals surface area (Å²) in [5, 5.41) is 0.884. The second kappa shape index (κ2) is 7.30. The van der Waals surface area contributed by atoms with Crippen molar-refractivity contribution in [1.29, 1.82) is 0 Å². The second-order valence-corrected chi connectivity index (χ2v) is 6.05. The Hall–Kier alpha value is -2.62. The van der Waals surface area contributed by atoms with Gasteiger partial charge in [0, 0.05) is 18.5 Å². The molecule has 4 heteroatoms. The van der Waals surface area contributed by atoms with Crippen molar-refractivity contribution in [3.05, 3.63) is 69.8 Å². The average molecular weight is 323 g/mol. The molecule has 4 nitrogen and oxygen atoms in total. The highest BCUT2D eigenvalue weighted by Crippen LogP contribution is 2.29. The lowest BCUT2D eigenvalue weighted by atomic mass is 10.1. The van der Waals surface area contributed by atoms with Crippen molar-refractivity contribution in [3.8, 4) is 5.75 Å². The van der Waals surface area contributed by atoms with E-state index in [9.17, 15) is 4.79 Å². The summed E-state index contributed by atoms with van der Waals surface area (Å²) in [7, 11) is 0. The van der Waals surface area contributed by atoms with Crippen LogP contribution < -0.4 is 10.4 Å². The van der Waals surface area contributed by atoms with Gasteiger partial charge in [-0.1, -0.05) is 0 Å². The van der Waals surface area contributed by atoms with Gasteiger partial charge in [-0.15, -0.1) is 0 Å². The molecule has 0 spiro atoms. The predicted octanol–water partition coefficient (Wildman–Crippen LogP) is 4.21. The molecule has 0 atom stereocenters. The summed E-state index contributed by atoms with van der Waals surface area (Å²) < 4.78 is 11.3. The Labute approximate surface area is 141 Å². The number of rotatable bonds is 6. The lowest BCUT2D eigenvalue weighted by Gasteiger charge is -2.11. The summed E-state index contributed by atoms with van der Waals surface area (Å²) in [6.45, 7) is 4.52. The van der Waals surface area contributed by atoms with Crippen molar-refractivity contribution in [1.82, 2.24) is 4.98 Å². The highest BCUT2D eigenvalue weighted by Gasteiger charge is 2.10. The molecule has 24 heavy (non-hydrogen) atoms. The van der Waals surface area contributed by atoms with Crippen LogP contribution in [-0.4, -0.2) is 11.6 Å². The third-order valence-electron chi connectivity index (χ3n) is 4.02. The summed E-state index contributed by atoms with van der Waals surface area (Å²) in [6, 6.07) is 9.47. The second-order valence-electron chi connectivity index (χ2n) is 6.05. The lowest BCUT2D eigenvalue weighted by molar-refractivity contribution is 0.310. The highest BCUT2D eigenvalue weighted by atomic mass is 16.5. The van der Waals surface area contributed by atoms with Gasteiger partial charge >= 0.3 is 5.63 Å². The minimum atomic E-state index is -0.325. The molecule has 2 aromatic heterocycles. The van der Waals surface area contributed by atoms with E-state index in [0.717, 1.165) is 41.5 Å². The van der Waals surface area contributed by atoms with E-state index >= 15 is 0 Å². The van der Waals surface area contributed by atoms with Gasteiger partial charge in [-0.2, -0.15) is 0 Å². The van der Waals surface area contributed by atoms with Crippen LogP contribution in [0.4, 0.5) is 0 Å². The number of fused-ring (bicyclic) bond motifs is 1. The Kier molecular flexibility index (Phi) is 4.94. The summed E-state index contributed by atoms with van der Waals surface area (Å²) in [6.07, 6.45) is 6.69. The van der Waals surface area contributed by atoms with Crippen LogP contribution in [0.5, 0.6) is 5.75 Å². The number of benzene rings is 1. The van der Waals surface area contributed by atoms with Gasteiger partial charge in [0.05, 0.1) is 12.0 Å². The number of pyridine rings is 1. The molecule has 3 aromatic rings. The van der Waals surface area contributed by atoms with E-state index in [4.69, 9.17) is 9.15 Å². The Bertz CT molecular complexity index is 885. The van der Waals surface area contributed by atoms with Crippen molar-refractivity contribution in [3.63, 3.8) is 0 Å². The molecule has 0 amide bonds. The third kappa shape index (κ3) is 3.82. The van der Waals surface area contributed by atoms with E-state index in [2.05, 4.69) is 4.98 Å². The van der Waals surface area contributed by atoms with Gasteiger partial charge < -0.3 is 9.15 Å². The van der Waals surface area contributed by atoms with Gasteiger partial charge in [-0.3, -0.25) is 4.98 Å². The molecule has 0 saturated heterocycles. The largest absolute Gasteiger partial charge is 0.493 e. The number of ether oxygens (including phenoxy) is 1. The van der Waals surface area contributed by atoms with Gasteiger partial charge in [0.2, 0.25) is 0 Å². The first-order chi connectivity index (χ1) is 11.6. The SMILES string of the molecule is Cc1cc(OCCCCc2ccncc2)c2c(C)cc(=O)oc2c1. The van der Waals surface area contributed by atoms with E-state index in [0.29, 0.717) is 12.2 Å².